The third-order valence-corrected chi connectivity index (χ3v) is 5.41. The second-order valence-corrected chi connectivity index (χ2v) is 7.35. The first-order valence-corrected chi connectivity index (χ1v) is 9.45. The van der Waals surface area contributed by atoms with Crippen LogP contribution in [-0.2, 0) is 18.4 Å². The molecule has 0 unspecified atom stereocenters. The summed E-state index contributed by atoms with van der Waals surface area (Å²) >= 11 is 0. The summed E-state index contributed by atoms with van der Waals surface area (Å²) in [7, 11) is 4.19. The maximum absolute atomic E-state index is 12.5. The second kappa shape index (κ2) is 8.04. The summed E-state index contributed by atoms with van der Waals surface area (Å²) in [5, 5.41) is 7.79. The van der Waals surface area contributed by atoms with E-state index in [1.807, 2.05) is 18.7 Å². The van der Waals surface area contributed by atoms with E-state index >= 15 is 0 Å². The third kappa shape index (κ3) is 4.24. The summed E-state index contributed by atoms with van der Waals surface area (Å²) in [6.07, 6.45) is 8.28. The Morgan fingerprint density at radius 3 is 2.84 bits per heavy atom. The summed E-state index contributed by atoms with van der Waals surface area (Å²) in [6, 6.07) is 0. The highest BCUT2D eigenvalue weighted by Gasteiger charge is 2.23. The molecule has 0 spiro atoms. The van der Waals surface area contributed by atoms with Crippen LogP contribution in [0.4, 0.5) is 5.82 Å². The van der Waals surface area contributed by atoms with Gasteiger partial charge in [-0.1, -0.05) is 12.2 Å². The van der Waals surface area contributed by atoms with Gasteiger partial charge < -0.3 is 15.1 Å². The molecule has 1 saturated heterocycles. The maximum Gasteiger partial charge on any atom is 0.223 e. The first-order valence-electron chi connectivity index (χ1n) is 9.45. The Balaban J connectivity index is 1.70. The van der Waals surface area contributed by atoms with E-state index in [2.05, 4.69) is 39.4 Å². The lowest BCUT2D eigenvalue weighted by atomic mass is 9.93. The molecule has 6 heteroatoms. The van der Waals surface area contributed by atoms with Crippen LogP contribution in [0.3, 0.4) is 0 Å². The molecule has 1 aliphatic carbocycles. The first kappa shape index (κ1) is 18.0. The number of amides is 1. The molecule has 1 N–H and O–H groups in total. The van der Waals surface area contributed by atoms with Crippen LogP contribution in [0.25, 0.3) is 0 Å². The van der Waals surface area contributed by atoms with Crippen LogP contribution >= 0.6 is 0 Å². The molecule has 2 aliphatic rings. The summed E-state index contributed by atoms with van der Waals surface area (Å²) in [6.45, 7) is 6.85. The van der Waals surface area contributed by atoms with Crippen molar-refractivity contribution in [2.24, 2.45) is 13.0 Å². The molecule has 0 radical (unpaired) electrons. The Bertz CT molecular complexity index is 636. The summed E-state index contributed by atoms with van der Waals surface area (Å²) in [4.78, 5) is 17.3. The number of carbonyl (C=O) groups excluding carboxylic acids is 1. The third-order valence-electron chi connectivity index (χ3n) is 5.41. The van der Waals surface area contributed by atoms with Crippen LogP contribution in [0.15, 0.2) is 12.2 Å². The number of nitrogens with one attached hydrogen (secondary N) is 1. The predicted molar refractivity (Wildman–Crippen MR) is 101 cm³/mol. The van der Waals surface area contributed by atoms with Gasteiger partial charge in [0.1, 0.15) is 5.82 Å². The van der Waals surface area contributed by atoms with E-state index < -0.39 is 0 Å². The number of anilines is 1. The minimum absolute atomic E-state index is 0.122. The Kier molecular flexibility index (Phi) is 5.78. The summed E-state index contributed by atoms with van der Waals surface area (Å²) < 4.78 is 1.98. The van der Waals surface area contributed by atoms with Gasteiger partial charge in [0.25, 0.3) is 0 Å². The molecule has 0 bridgehead atoms. The molecule has 1 aliphatic heterocycles. The van der Waals surface area contributed by atoms with E-state index in [0.717, 1.165) is 68.9 Å². The van der Waals surface area contributed by atoms with Gasteiger partial charge in [-0.3, -0.25) is 9.48 Å². The average Bonchev–Trinajstić information content (AvgIpc) is 2.75. The van der Waals surface area contributed by atoms with Crippen molar-refractivity contribution in [2.45, 2.75) is 39.2 Å². The Hall–Kier alpha value is -1.82. The minimum Gasteiger partial charge on any atom is -0.355 e. The number of hydrogen-bond donors (Lipinski definition) is 1. The van der Waals surface area contributed by atoms with Gasteiger partial charge in [-0.25, -0.2) is 0 Å². The molecule has 2 heterocycles. The lowest BCUT2D eigenvalue weighted by Gasteiger charge is -2.25. The van der Waals surface area contributed by atoms with Crippen LogP contribution in [0.5, 0.6) is 0 Å². The fourth-order valence-corrected chi connectivity index (χ4v) is 3.90. The van der Waals surface area contributed by atoms with E-state index in [1.165, 1.54) is 0 Å². The van der Waals surface area contributed by atoms with Crippen molar-refractivity contribution in [1.82, 2.24) is 20.0 Å². The Morgan fingerprint density at radius 1 is 1.24 bits per heavy atom. The first-order chi connectivity index (χ1) is 12.1. The van der Waals surface area contributed by atoms with Crippen LogP contribution in [0, 0.1) is 12.8 Å². The SMILES string of the molecule is Cc1nn(C)c(N2CCCN(C)CC2)c1CNC(=O)[C@H]1CC=CCC1. The highest BCUT2D eigenvalue weighted by Crippen LogP contribution is 2.25. The second-order valence-electron chi connectivity index (χ2n) is 7.35. The minimum atomic E-state index is 0.122. The molecular formula is C19H31N5O. The molecule has 6 nitrogen and oxygen atoms in total. The number of carbonyl (C=O) groups is 1. The lowest BCUT2D eigenvalue weighted by Crippen LogP contribution is -2.33. The standard InChI is InChI=1S/C19H31N5O/c1-15-17(14-20-18(25)16-8-5-4-6-9-16)19(23(3)21-15)24-11-7-10-22(2)12-13-24/h4-5,16H,6-14H2,1-3H3,(H,20,25)/t16-/m0/s1. The molecule has 138 valence electrons. The highest BCUT2D eigenvalue weighted by molar-refractivity contribution is 5.79. The van der Waals surface area contributed by atoms with Gasteiger partial charge in [0.2, 0.25) is 5.91 Å². The summed E-state index contributed by atoms with van der Waals surface area (Å²) in [5.41, 5.74) is 2.17. The Labute approximate surface area is 150 Å². The highest BCUT2D eigenvalue weighted by atomic mass is 16.1. The molecule has 3 rings (SSSR count). The quantitative estimate of drug-likeness (QED) is 0.846. The van der Waals surface area contributed by atoms with Gasteiger partial charge in [0, 0.05) is 44.7 Å². The van der Waals surface area contributed by atoms with E-state index in [-0.39, 0.29) is 11.8 Å². The van der Waals surface area contributed by atoms with E-state index in [1.54, 1.807) is 0 Å². The van der Waals surface area contributed by atoms with Crippen molar-refractivity contribution in [3.63, 3.8) is 0 Å². The monoisotopic (exact) mass is 345 g/mol. The average molecular weight is 345 g/mol. The van der Waals surface area contributed by atoms with E-state index in [4.69, 9.17) is 0 Å². The molecule has 0 aromatic carbocycles. The van der Waals surface area contributed by atoms with Gasteiger partial charge in [0.05, 0.1) is 5.69 Å². The topological polar surface area (TPSA) is 53.4 Å². The fourth-order valence-electron chi connectivity index (χ4n) is 3.90. The van der Waals surface area contributed by atoms with E-state index in [0.29, 0.717) is 6.54 Å². The van der Waals surface area contributed by atoms with E-state index in [9.17, 15) is 4.79 Å². The van der Waals surface area contributed by atoms with Crippen molar-refractivity contribution < 1.29 is 4.79 Å². The van der Waals surface area contributed by atoms with Gasteiger partial charge >= 0.3 is 0 Å². The van der Waals surface area contributed by atoms with Gasteiger partial charge in [-0.05, 0) is 46.2 Å². The number of aromatic nitrogens is 2. The Morgan fingerprint density at radius 2 is 2.08 bits per heavy atom. The maximum atomic E-state index is 12.5. The van der Waals surface area contributed by atoms with Crippen LogP contribution in [-0.4, -0.2) is 53.8 Å². The number of nitrogens with zero attached hydrogens (tertiary/aromatic N) is 4. The zero-order chi connectivity index (χ0) is 17.8. The molecule has 1 amide bonds. The van der Waals surface area contributed by atoms with Gasteiger partial charge in [-0.15, -0.1) is 0 Å². The van der Waals surface area contributed by atoms with Gasteiger partial charge in [-0.2, -0.15) is 5.10 Å². The van der Waals surface area contributed by atoms with Crippen LogP contribution < -0.4 is 10.2 Å². The van der Waals surface area contributed by atoms with Crippen molar-refractivity contribution in [1.29, 1.82) is 0 Å². The van der Waals surface area contributed by atoms with Crippen LogP contribution in [0.2, 0.25) is 0 Å². The van der Waals surface area contributed by atoms with Crippen molar-refractivity contribution in [3.05, 3.63) is 23.4 Å². The van der Waals surface area contributed by atoms with Crippen molar-refractivity contribution in [3.8, 4) is 0 Å². The van der Waals surface area contributed by atoms with Gasteiger partial charge in [0.15, 0.2) is 0 Å². The summed E-state index contributed by atoms with van der Waals surface area (Å²) in [5.74, 6) is 1.46. The molecule has 25 heavy (non-hydrogen) atoms. The predicted octanol–water partition coefficient (Wildman–Crippen LogP) is 1.84. The molecule has 1 fully saturated rings. The largest absolute Gasteiger partial charge is 0.355 e. The molecular weight excluding hydrogens is 314 g/mol. The molecule has 0 saturated carbocycles. The zero-order valence-corrected chi connectivity index (χ0v) is 15.8. The number of rotatable bonds is 4. The zero-order valence-electron chi connectivity index (χ0n) is 15.8. The fraction of sp³-hybridized carbons (Fsp3) is 0.684. The molecule has 1 aromatic rings. The number of allylic oxidation sites excluding steroid dienone is 2. The van der Waals surface area contributed by atoms with Crippen molar-refractivity contribution >= 4 is 11.7 Å². The molecule has 1 aromatic heterocycles. The number of aryl methyl sites for hydroxylation is 2. The van der Waals surface area contributed by atoms with Crippen molar-refractivity contribution in [2.75, 3.05) is 38.1 Å². The normalized spacial score (nSPS) is 22.0. The smallest absolute Gasteiger partial charge is 0.223 e. The van der Waals surface area contributed by atoms with Crippen LogP contribution in [0.1, 0.15) is 36.9 Å². The lowest BCUT2D eigenvalue weighted by molar-refractivity contribution is -0.125. The number of likely N-dealkylation sites (N-methyl/N-ethyl adjacent to an activating group) is 1. The molecule has 1 atom stereocenters. The number of hydrogen-bond acceptors (Lipinski definition) is 4.